The third kappa shape index (κ3) is 3.83. The van der Waals surface area contributed by atoms with E-state index in [1.54, 1.807) is 18.9 Å². The van der Waals surface area contributed by atoms with E-state index in [2.05, 4.69) is 5.32 Å². The van der Waals surface area contributed by atoms with Crippen LogP contribution in [0.1, 0.15) is 32.6 Å². The summed E-state index contributed by atoms with van der Waals surface area (Å²) < 4.78 is 5.10. The second kappa shape index (κ2) is 6.87. The van der Waals surface area contributed by atoms with Crippen molar-refractivity contribution in [2.24, 2.45) is 5.41 Å². The lowest BCUT2D eigenvalue weighted by atomic mass is 10.0. The van der Waals surface area contributed by atoms with Crippen LogP contribution in [-0.4, -0.2) is 59.4 Å². The number of hydrogen-bond donors (Lipinski definition) is 2. The Morgan fingerprint density at radius 3 is 2.71 bits per heavy atom. The second-order valence-corrected chi connectivity index (χ2v) is 7.07. The first-order valence-electron chi connectivity index (χ1n) is 7.42. The van der Waals surface area contributed by atoms with Gasteiger partial charge in [-0.2, -0.15) is 0 Å². The Labute approximate surface area is 129 Å². The summed E-state index contributed by atoms with van der Waals surface area (Å²) in [5.74, 6) is -0.454. The molecule has 1 saturated heterocycles. The predicted molar refractivity (Wildman–Crippen MR) is 81.4 cm³/mol. The Balaban J connectivity index is 1.90. The highest BCUT2D eigenvalue weighted by Crippen LogP contribution is 2.48. The lowest BCUT2D eigenvalue weighted by Crippen LogP contribution is -2.51. The number of carbonyl (C=O) groups excluding carboxylic acids is 1. The van der Waals surface area contributed by atoms with Crippen molar-refractivity contribution < 1.29 is 19.4 Å². The van der Waals surface area contributed by atoms with Crippen molar-refractivity contribution >= 4 is 23.8 Å². The highest BCUT2D eigenvalue weighted by atomic mass is 32.2. The molecule has 0 spiro atoms. The molecule has 2 unspecified atom stereocenters. The fourth-order valence-electron chi connectivity index (χ4n) is 2.71. The van der Waals surface area contributed by atoms with Crippen LogP contribution in [0.2, 0.25) is 0 Å². The van der Waals surface area contributed by atoms with Gasteiger partial charge in [-0.15, -0.1) is 11.8 Å². The molecule has 0 bridgehead atoms. The topological polar surface area (TPSA) is 78.9 Å². The molecule has 6 nitrogen and oxygen atoms in total. The molecule has 0 aromatic heterocycles. The van der Waals surface area contributed by atoms with Crippen molar-refractivity contribution in [3.05, 3.63) is 0 Å². The molecule has 1 saturated carbocycles. The van der Waals surface area contributed by atoms with E-state index in [0.29, 0.717) is 18.9 Å². The number of thioether (sulfide) groups is 1. The quantitative estimate of drug-likeness (QED) is 0.748. The molecule has 1 aliphatic heterocycles. The van der Waals surface area contributed by atoms with E-state index in [9.17, 15) is 14.7 Å². The first kappa shape index (κ1) is 16.4. The van der Waals surface area contributed by atoms with Gasteiger partial charge in [-0.05, 0) is 31.1 Å². The van der Waals surface area contributed by atoms with Crippen LogP contribution in [0.3, 0.4) is 0 Å². The molecular formula is C14H24N2O4S. The summed E-state index contributed by atoms with van der Waals surface area (Å²) in [5.41, 5.74) is 0.166. The Morgan fingerprint density at radius 2 is 2.19 bits per heavy atom. The smallest absolute Gasteiger partial charge is 0.327 e. The maximum atomic E-state index is 12.4. The molecule has 1 heterocycles. The Bertz CT molecular complexity index is 400. The number of methoxy groups -OCH3 is 1. The van der Waals surface area contributed by atoms with E-state index in [4.69, 9.17) is 4.74 Å². The van der Waals surface area contributed by atoms with Crippen molar-refractivity contribution in [1.82, 2.24) is 10.2 Å². The lowest BCUT2D eigenvalue weighted by molar-refractivity contribution is -0.141. The van der Waals surface area contributed by atoms with Crippen molar-refractivity contribution in [3.8, 4) is 0 Å². The van der Waals surface area contributed by atoms with Gasteiger partial charge in [0.25, 0.3) is 0 Å². The van der Waals surface area contributed by atoms with E-state index in [-0.39, 0.29) is 16.8 Å². The van der Waals surface area contributed by atoms with Crippen molar-refractivity contribution in [3.63, 3.8) is 0 Å². The number of hydrogen-bond acceptors (Lipinski definition) is 4. The second-order valence-electron chi connectivity index (χ2n) is 5.86. The standard InChI is InChI=1S/C14H24N2O4S/c1-3-11-16(10(8-21-11)12(17)18)13(19)15-9-14(4-5-14)6-7-20-2/h10-11H,3-9H2,1-2H3,(H,15,19)(H,17,18). The summed E-state index contributed by atoms with van der Waals surface area (Å²) in [4.78, 5) is 25.2. The molecule has 21 heavy (non-hydrogen) atoms. The van der Waals surface area contributed by atoms with E-state index < -0.39 is 12.0 Å². The van der Waals surface area contributed by atoms with Crippen molar-refractivity contribution in [2.45, 2.75) is 44.0 Å². The number of carboxylic acid groups (broad SMARTS) is 1. The van der Waals surface area contributed by atoms with Gasteiger partial charge in [0.2, 0.25) is 0 Å². The van der Waals surface area contributed by atoms with Gasteiger partial charge in [-0.3, -0.25) is 4.90 Å². The number of carboxylic acids is 1. The molecule has 120 valence electrons. The van der Waals surface area contributed by atoms with Gasteiger partial charge in [0, 0.05) is 26.0 Å². The zero-order valence-corrected chi connectivity index (χ0v) is 13.4. The predicted octanol–water partition coefficient (Wildman–Crippen LogP) is 1.75. The molecule has 2 aliphatic rings. The van der Waals surface area contributed by atoms with Crippen LogP contribution in [0, 0.1) is 5.41 Å². The summed E-state index contributed by atoms with van der Waals surface area (Å²) in [6, 6.07) is -0.961. The minimum absolute atomic E-state index is 0.0415. The fraction of sp³-hybridized carbons (Fsp3) is 0.857. The van der Waals surface area contributed by atoms with Gasteiger partial charge < -0.3 is 15.2 Å². The summed E-state index contributed by atoms with van der Waals surface area (Å²) in [7, 11) is 1.68. The van der Waals surface area contributed by atoms with Crippen LogP contribution in [0.15, 0.2) is 0 Å². The minimum atomic E-state index is -0.922. The van der Waals surface area contributed by atoms with Gasteiger partial charge in [0.15, 0.2) is 0 Å². The van der Waals surface area contributed by atoms with E-state index >= 15 is 0 Å². The number of aliphatic carboxylic acids is 1. The molecule has 7 heteroatoms. The van der Waals surface area contributed by atoms with E-state index in [0.717, 1.165) is 25.7 Å². The number of ether oxygens (including phenoxy) is 1. The minimum Gasteiger partial charge on any atom is -0.480 e. The van der Waals surface area contributed by atoms with Crippen LogP contribution in [-0.2, 0) is 9.53 Å². The molecule has 2 N–H and O–H groups in total. The third-order valence-corrected chi connectivity index (χ3v) is 5.82. The Kier molecular flexibility index (Phi) is 5.37. The van der Waals surface area contributed by atoms with Crippen LogP contribution in [0.4, 0.5) is 4.79 Å². The van der Waals surface area contributed by atoms with Crippen molar-refractivity contribution in [1.29, 1.82) is 0 Å². The van der Waals surface area contributed by atoms with E-state index in [1.165, 1.54) is 4.90 Å². The third-order valence-electron chi connectivity index (χ3n) is 4.37. The zero-order chi connectivity index (χ0) is 15.5. The van der Waals surface area contributed by atoms with Crippen LogP contribution in [0.5, 0.6) is 0 Å². The molecule has 0 aromatic rings. The number of urea groups is 1. The molecule has 0 radical (unpaired) electrons. The average molecular weight is 316 g/mol. The van der Waals surface area contributed by atoms with Gasteiger partial charge in [0.1, 0.15) is 6.04 Å². The van der Waals surface area contributed by atoms with Gasteiger partial charge >= 0.3 is 12.0 Å². The first-order valence-corrected chi connectivity index (χ1v) is 8.47. The molecule has 2 atom stereocenters. The Hall–Kier alpha value is -0.950. The largest absolute Gasteiger partial charge is 0.480 e. The van der Waals surface area contributed by atoms with Crippen LogP contribution >= 0.6 is 11.8 Å². The number of nitrogens with zero attached hydrogens (tertiary/aromatic N) is 1. The summed E-state index contributed by atoms with van der Waals surface area (Å²) in [6.07, 6.45) is 3.91. The van der Waals surface area contributed by atoms with Gasteiger partial charge in [0.05, 0.1) is 5.37 Å². The molecule has 2 amide bonds. The van der Waals surface area contributed by atoms with Crippen LogP contribution < -0.4 is 5.32 Å². The monoisotopic (exact) mass is 316 g/mol. The molecular weight excluding hydrogens is 292 g/mol. The van der Waals surface area contributed by atoms with Gasteiger partial charge in [-0.1, -0.05) is 6.92 Å². The molecule has 2 fully saturated rings. The number of amides is 2. The maximum Gasteiger partial charge on any atom is 0.327 e. The van der Waals surface area contributed by atoms with Crippen LogP contribution in [0.25, 0.3) is 0 Å². The normalized spacial score (nSPS) is 26.7. The lowest BCUT2D eigenvalue weighted by Gasteiger charge is -2.28. The number of nitrogens with one attached hydrogen (secondary N) is 1. The average Bonchev–Trinajstić information content (AvgIpc) is 3.10. The summed E-state index contributed by atoms with van der Waals surface area (Å²) in [6.45, 7) is 3.28. The molecule has 2 rings (SSSR count). The van der Waals surface area contributed by atoms with E-state index in [1.807, 2.05) is 6.92 Å². The zero-order valence-electron chi connectivity index (χ0n) is 12.6. The SMILES string of the molecule is CCC1SCC(C(=O)O)N1C(=O)NCC1(CCOC)CC1. The van der Waals surface area contributed by atoms with Crippen molar-refractivity contribution in [2.75, 3.05) is 26.0 Å². The molecule has 1 aliphatic carbocycles. The highest BCUT2D eigenvalue weighted by Gasteiger charge is 2.44. The van der Waals surface area contributed by atoms with Gasteiger partial charge in [-0.25, -0.2) is 9.59 Å². The maximum absolute atomic E-state index is 12.4. The Morgan fingerprint density at radius 1 is 1.48 bits per heavy atom. The highest BCUT2D eigenvalue weighted by molar-refractivity contribution is 8.00. The summed E-state index contributed by atoms with van der Waals surface area (Å²) in [5, 5.41) is 12.1. The first-order chi connectivity index (χ1) is 10.0. The molecule has 0 aromatic carbocycles. The summed E-state index contributed by atoms with van der Waals surface area (Å²) >= 11 is 1.54. The fourth-order valence-corrected chi connectivity index (χ4v) is 4.05. The number of carbonyl (C=O) groups is 2. The number of rotatable bonds is 7.